The largest absolute Gasteiger partial charge is 0.549 e. The second kappa shape index (κ2) is 22.6. The van der Waals surface area contributed by atoms with Crippen molar-refractivity contribution in [1.29, 1.82) is 0 Å². The van der Waals surface area contributed by atoms with Crippen molar-refractivity contribution in [2.45, 2.75) is 99.3 Å². The van der Waals surface area contributed by atoms with Gasteiger partial charge in [0.2, 0.25) is 0 Å². The Morgan fingerprint density at radius 3 is 1.09 bits per heavy atom. The average molecular weight is 471 g/mol. The number of carbonyl (C=O) groups is 4. The lowest BCUT2D eigenvalue weighted by molar-refractivity contribution is -0.344. The van der Waals surface area contributed by atoms with E-state index in [1.807, 2.05) is 6.92 Å². The van der Waals surface area contributed by atoms with Gasteiger partial charge in [0.15, 0.2) is 0 Å². The maximum absolute atomic E-state index is 10.6. The highest BCUT2D eigenvalue weighted by molar-refractivity contribution is 5.96. The monoisotopic (exact) mass is 470 g/mol. The Balaban J connectivity index is -0.000000193. The summed E-state index contributed by atoms with van der Waals surface area (Å²) in [5.74, 6) is -6.49. The van der Waals surface area contributed by atoms with Gasteiger partial charge >= 0.3 is 0 Å². The minimum atomic E-state index is -2.02. The molecule has 0 aromatic heterocycles. The molecule has 0 atom stereocenters. The van der Waals surface area contributed by atoms with Gasteiger partial charge in [-0.25, -0.2) is 0 Å². The normalized spacial score (nSPS) is 10.0. The molecule has 0 aromatic rings. The summed E-state index contributed by atoms with van der Waals surface area (Å²) < 4.78 is 0. The van der Waals surface area contributed by atoms with Gasteiger partial charge in [0.1, 0.15) is 0 Å². The fourth-order valence-electron chi connectivity index (χ4n) is 1.81. The van der Waals surface area contributed by atoms with Crippen LogP contribution in [0.25, 0.3) is 0 Å². The van der Waals surface area contributed by atoms with Gasteiger partial charge in [-0.05, 0) is 26.2 Å². The van der Waals surface area contributed by atoms with Crippen LogP contribution in [0.2, 0.25) is 0 Å². The quantitative estimate of drug-likeness (QED) is 0.283. The van der Waals surface area contributed by atoms with Crippen molar-refractivity contribution in [1.82, 2.24) is 0 Å². The third-order valence-electron chi connectivity index (χ3n) is 4.70. The molecule has 0 bridgehead atoms. The standard InChI is InChI=1S/C9H12O4.C8H14O4.2C4H10/c1-3-5-9(6-4-2,7(10)11)8(12)13;1-3-4-5-8(2,6(9)10)7(11)12;2*1-3-4-2/h3-4H,1-2,5-6H2,(H,10,11)(H,12,13);3-5H2,1-2H3,(H,9,10)(H,11,12);2*3-4H2,1-2H3/p-4. The number of hydrogen-bond acceptors (Lipinski definition) is 8. The summed E-state index contributed by atoms with van der Waals surface area (Å²) in [7, 11) is 0. The average Bonchev–Trinajstić information content (AvgIpc) is 2.77. The lowest BCUT2D eigenvalue weighted by Crippen LogP contribution is -2.53. The molecule has 0 aliphatic rings. The number of carbonyl (C=O) groups excluding carboxylic acids is 4. The summed E-state index contributed by atoms with van der Waals surface area (Å²) >= 11 is 0. The molecule has 0 aliphatic heterocycles. The van der Waals surface area contributed by atoms with Crippen LogP contribution in [-0.4, -0.2) is 23.9 Å². The topological polar surface area (TPSA) is 161 Å². The van der Waals surface area contributed by atoms with Gasteiger partial charge in [0.05, 0.1) is 29.3 Å². The SMILES string of the molecule is C=CCC(CC=C)(C(=O)[O-])C(=O)[O-].CCCC.CCCC.CCCCC(C)(C(=O)[O-])C(=O)[O-]. The number of unbranched alkanes of at least 4 members (excludes halogenated alkanes) is 3. The van der Waals surface area contributed by atoms with Crippen LogP contribution in [0.3, 0.4) is 0 Å². The first-order chi connectivity index (χ1) is 15.3. The summed E-state index contributed by atoms with van der Waals surface area (Å²) in [6.45, 7) is 18.2. The van der Waals surface area contributed by atoms with Gasteiger partial charge in [-0.2, -0.15) is 0 Å². The van der Waals surface area contributed by atoms with Crippen molar-refractivity contribution in [3.8, 4) is 0 Å². The molecule has 0 saturated heterocycles. The van der Waals surface area contributed by atoms with E-state index in [2.05, 4.69) is 40.9 Å². The van der Waals surface area contributed by atoms with Crippen molar-refractivity contribution >= 4 is 23.9 Å². The zero-order valence-electron chi connectivity index (χ0n) is 21.2. The molecule has 8 nitrogen and oxygen atoms in total. The van der Waals surface area contributed by atoms with Gasteiger partial charge in [-0.1, -0.05) is 85.3 Å². The number of hydrogen-bond donors (Lipinski definition) is 0. The summed E-state index contributed by atoms with van der Waals surface area (Å²) in [5.41, 5.74) is -3.86. The smallest absolute Gasteiger partial charge is 0.0562 e. The second-order valence-corrected chi connectivity index (χ2v) is 7.65. The maximum Gasteiger partial charge on any atom is 0.0562 e. The fourth-order valence-corrected chi connectivity index (χ4v) is 1.81. The van der Waals surface area contributed by atoms with E-state index in [1.165, 1.54) is 37.8 Å². The minimum absolute atomic E-state index is 0.0637. The van der Waals surface area contributed by atoms with Gasteiger partial charge in [-0.15, -0.1) is 13.2 Å². The number of carboxylic acids is 4. The molecular formula is C25H42O8-4. The molecule has 0 radical (unpaired) electrons. The van der Waals surface area contributed by atoms with Crippen molar-refractivity contribution in [2.75, 3.05) is 0 Å². The number of rotatable bonds is 13. The first-order valence-electron chi connectivity index (χ1n) is 11.4. The van der Waals surface area contributed by atoms with E-state index in [1.54, 1.807) is 0 Å². The fraction of sp³-hybridized carbons (Fsp3) is 0.680. The Bertz CT molecular complexity index is 533. The van der Waals surface area contributed by atoms with Crippen LogP contribution in [0.15, 0.2) is 25.3 Å². The van der Waals surface area contributed by atoms with Crippen LogP contribution < -0.4 is 20.4 Å². The summed E-state index contributed by atoms with van der Waals surface area (Å²) in [4.78, 5) is 42.1. The van der Waals surface area contributed by atoms with Crippen LogP contribution in [0, 0.1) is 10.8 Å². The molecule has 0 heterocycles. The van der Waals surface area contributed by atoms with E-state index in [9.17, 15) is 39.6 Å². The third kappa shape index (κ3) is 16.6. The first-order valence-corrected chi connectivity index (χ1v) is 11.4. The summed E-state index contributed by atoms with van der Waals surface area (Å²) in [5, 5.41) is 42.1. The van der Waals surface area contributed by atoms with E-state index in [-0.39, 0.29) is 19.3 Å². The minimum Gasteiger partial charge on any atom is -0.549 e. The Morgan fingerprint density at radius 2 is 0.939 bits per heavy atom. The number of carboxylic acid groups (broad SMARTS) is 4. The molecule has 0 unspecified atom stereocenters. The maximum atomic E-state index is 10.6. The Labute approximate surface area is 199 Å². The van der Waals surface area contributed by atoms with E-state index < -0.39 is 34.7 Å². The van der Waals surface area contributed by atoms with Crippen molar-refractivity contribution < 1.29 is 39.6 Å². The van der Waals surface area contributed by atoms with Crippen LogP contribution in [0.5, 0.6) is 0 Å². The highest BCUT2D eigenvalue weighted by atomic mass is 16.4. The molecule has 0 N–H and O–H groups in total. The molecular weight excluding hydrogens is 428 g/mol. The second-order valence-electron chi connectivity index (χ2n) is 7.65. The van der Waals surface area contributed by atoms with Gasteiger partial charge in [-0.3, -0.25) is 0 Å². The predicted octanol–water partition coefficient (Wildman–Crippen LogP) is 0.920. The molecule has 0 aromatic carbocycles. The third-order valence-corrected chi connectivity index (χ3v) is 4.70. The molecule has 0 amide bonds. The van der Waals surface area contributed by atoms with Crippen LogP contribution >= 0.6 is 0 Å². The van der Waals surface area contributed by atoms with E-state index >= 15 is 0 Å². The van der Waals surface area contributed by atoms with Crippen LogP contribution in [0.4, 0.5) is 0 Å². The zero-order valence-corrected chi connectivity index (χ0v) is 21.2. The lowest BCUT2D eigenvalue weighted by Gasteiger charge is -2.33. The first kappa shape index (κ1) is 37.7. The molecule has 0 aliphatic carbocycles. The zero-order chi connectivity index (χ0) is 27.1. The molecule has 8 heteroatoms. The van der Waals surface area contributed by atoms with Gasteiger partial charge in [0.25, 0.3) is 0 Å². The Hall–Kier alpha value is -2.64. The van der Waals surface area contributed by atoms with E-state index in [0.29, 0.717) is 6.42 Å². The van der Waals surface area contributed by atoms with Crippen molar-refractivity contribution in [3.63, 3.8) is 0 Å². The lowest BCUT2D eigenvalue weighted by atomic mass is 9.81. The van der Waals surface area contributed by atoms with Crippen molar-refractivity contribution in [3.05, 3.63) is 25.3 Å². The summed E-state index contributed by atoms with van der Waals surface area (Å²) in [6.07, 6.45) is 8.57. The van der Waals surface area contributed by atoms with Crippen LogP contribution in [0.1, 0.15) is 99.3 Å². The molecule has 0 saturated carbocycles. The molecule has 0 fully saturated rings. The Kier molecular flexibility index (Phi) is 25.7. The highest BCUT2D eigenvalue weighted by Gasteiger charge is 2.30. The van der Waals surface area contributed by atoms with E-state index in [4.69, 9.17) is 0 Å². The summed E-state index contributed by atoms with van der Waals surface area (Å²) in [6, 6.07) is 0. The molecule has 0 spiro atoms. The molecule has 194 valence electrons. The molecule has 0 rings (SSSR count). The van der Waals surface area contributed by atoms with Crippen molar-refractivity contribution in [2.24, 2.45) is 10.8 Å². The highest BCUT2D eigenvalue weighted by Crippen LogP contribution is 2.26. The van der Waals surface area contributed by atoms with E-state index in [0.717, 1.165) is 13.3 Å². The van der Waals surface area contributed by atoms with Gasteiger partial charge < -0.3 is 39.6 Å². The van der Waals surface area contributed by atoms with Crippen LogP contribution in [-0.2, 0) is 19.2 Å². The number of allylic oxidation sites excluding steroid dienone is 2. The predicted molar refractivity (Wildman–Crippen MR) is 121 cm³/mol. The number of aliphatic carboxylic acids is 4. The molecule has 33 heavy (non-hydrogen) atoms. The Morgan fingerprint density at radius 1 is 0.636 bits per heavy atom. The van der Waals surface area contributed by atoms with Gasteiger partial charge in [0, 0.05) is 5.41 Å².